The van der Waals surface area contributed by atoms with Gasteiger partial charge in [0.2, 0.25) is 5.91 Å². The summed E-state index contributed by atoms with van der Waals surface area (Å²) < 4.78 is 0. The molecule has 0 radical (unpaired) electrons. The quantitative estimate of drug-likeness (QED) is 0.821. The third kappa shape index (κ3) is 4.32. The fraction of sp³-hybridized carbons (Fsp3) is 0.250. The number of benzene rings is 1. The summed E-state index contributed by atoms with van der Waals surface area (Å²) in [5, 5.41) is 12.1. The lowest BCUT2D eigenvalue weighted by molar-refractivity contribution is -0.146. The number of pyridine rings is 1. The van der Waals surface area contributed by atoms with Gasteiger partial charge in [0, 0.05) is 18.1 Å². The van der Waals surface area contributed by atoms with Crippen molar-refractivity contribution in [2.45, 2.75) is 19.3 Å². The van der Waals surface area contributed by atoms with Crippen LogP contribution in [0.1, 0.15) is 24.0 Å². The molecule has 3 rings (SSSR count). The second-order valence-corrected chi connectivity index (χ2v) is 6.21. The summed E-state index contributed by atoms with van der Waals surface area (Å²) in [7, 11) is 0. The number of hydrogen-bond acceptors (Lipinski definition) is 3. The minimum Gasteiger partial charge on any atom is -0.481 e. The highest BCUT2D eigenvalue weighted by molar-refractivity contribution is 5.95. The largest absolute Gasteiger partial charge is 0.481 e. The molecule has 1 aliphatic rings. The number of aromatic nitrogens is 1. The van der Waals surface area contributed by atoms with E-state index >= 15 is 0 Å². The maximum Gasteiger partial charge on any atom is 0.307 e. The van der Waals surface area contributed by atoms with E-state index in [0.29, 0.717) is 18.5 Å². The van der Waals surface area contributed by atoms with Crippen molar-refractivity contribution in [3.05, 3.63) is 72.1 Å². The Morgan fingerprint density at radius 3 is 2.20 bits per heavy atom. The number of amides is 1. The smallest absolute Gasteiger partial charge is 0.307 e. The summed E-state index contributed by atoms with van der Waals surface area (Å²) in [6, 6.07) is 11.6. The highest BCUT2D eigenvalue weighted by atomic mass is 16.4. The number of carboxylic acid groups (broad SMARTS) is 1. The van der Waals surface area contributed by atoms with E-state index in [0.717, 1.165) is 12.0 Å². The molecule has 1 heterocycles. The Kier molecular flexibility index (Phi) is 5.23. The molecule has 1 aromatic heterocycles. The molecule has 2 atom stereocenters. The van der Waals surface area contributed by atoms with Gasteiger partial charge in [0.15, 0.2) is 0 Å². The van der Waals surface area contributed by atoms with Crippen molar-refractivity contribution in [1.82, 2.24) is 4.98 Å². The van der Waals surface area contributed by atoms with E-state index in [2.05, 4.69) is 10.3 Å². The molecule has 0 saturated carbocycles. The van der Waals surface area contributed by atoms with E-state index < -0.39 is 17.8 Å². The molecule has 1 aliphatic carbocycles. The molecule has 0 aliphatic heterocycles. The van der Waals surface area contributed by atoms with Crippen molar-refractivity contribution in [3.8, 4) is 0 Å². The van der Waals surface area contributed by atoms with E-state index in [1.54, 1.807) is 12.4 Å². The lowest BCUT2D eigenvalue weighted by Gasteiger charge is -2.24. The number of aliphatic carboxylic acids is 1. The first-order valence-corrected chi connectivity index (χ1v) is 8.30. The maximum absolute atomic E-state index is 12.4. The topological polar surface area (TPSA) is 79.3 Å². The van der Waals surface area contributed by atoms with Gasteiger partial charge < -0.3 is 10.4 Å². The van der Waals surface area contributed by atoms with E-state index in [-0.39, 0.29) is 5.91 Å². The Morgan fingerprint density at radius 1 is 0.960 bits per heavy atom. The van der Waals surface area contributed by atoms with Crippen LogP contribution in [0, 0.1) is 11.8 Å². The van der Waals surface area contributed by atoms with Gasteiger partial charge in [-0.1, -0.05) is 24.3 Å². The third-order valence-corrected chi connectivity index (χ3v) is 4.47. The summed E-state index contributed by atoms with van der Waals surface area (Å²) >= 11 is 0. The minimum atomic E-state index is -0.919. The van der Waals surface area contributed by atoms with Crippen molar-refractivity contribution in [2.24, 2.45) is 11.8 Å². The SMILES string of the molecule is O=C(O)[C@@H]1CC=CC[C@H]1C(=O)Nc1ccc(Cc2ccncc2)cc1. The van der Waals surface area contributed by atoms with Crippen molar-refractivity contribution in [1.29, 1.82) is 0 Å². The number of carboxylic acids is 1. The van der Waals surface area contributed by atoms with Crippen LogP contribution in [0.15, 0.2) is 60.9 Å². The first kappa shape index (κ1) is 16.9. The van der Waals surface area contributed by atoms with Crippen LogP contribution in [0.2, 0.25) is 0 Å². The van der Waals surface area contributed by atoms with Crippen LogP contribution in [0.3, 0.4) is 0 Å². The number of anilines is 1. The van der Waals surface area contributed by atoms with Gasteiger partial charge in [-0.15, -0.1) is 0 Å². The summed E-state index contributed by atoms with van der Waals surface area (Å²) in [4.78, 5) is 27.8. The van der Waals surface area contributed by atoms with Gasteiger partial charge in [-0.3, -0.25) is 14.6 Å². The Hall–Kier alpha value is -2.95. The lowest BCUT2D eigenvalue weighted by atomic mass is 9.82. The molecular weight excluding hydrogens is 316 g/mol. The third-order valence-electron chi connectivity index (χ3n) is 4.47. The number of rotatable bonds is 5. The zero-order valence-electron chi connectivity index (χ0n) is 13.8. The van der Waals surface area contributed by atoms with E-state index in [9.17, 15) is 14.7 Å². The minimum absolute atomic E-state index is 0.237. The average molecular weight is 336 g/mol. The second-order valence-electron chi connectivity index (χ2n) is 6.21. The van der Waals surface area contributed by atoms with Crippen LogP contribution in [0.25, 0.3) is 0 Å². The summed E-state index contributed by atoms with van der Waals surface area (Å²) in [6.07, 6.45) is 8.90. The number of hydrogen-bond donors (Lipinski definition) is 2. The van der Waals surface area contributed by atoms with Gasteiger partial charge in [-0.2, -0.15) is 0 Å². The predicted molar refractivity (Wildman–Crippen MR) is 95.1 cm³/mol. The Labute approximate surface area is 146 Å². The second kappa shape index (κ2) is 7.75. The van der Waals surface area contributed by atoms with Crippen LogP contribution < -0.4 is 5.32 Å². The Bertz CT molecular complexity index is 769. The van der Waals surface area contributed by atoms with Gasteiger partial charge in [-0.05, 0) is 54.7 Å². The summed E-state index contributed by atoms with van der Waals surface area (Å²) in [5.41, 5.74) is 2.99. The van der Waals surface area contributed by atoms with E-state index in [1.807, 2.05) is 48.6 Å². The number of allylic oxidation sites excluding steroid dienone is 2. The van der Waals surface area contributed by atoms with Crippen LogP contribution in [-0.4, -0.2) is 22.0 Å². The Balaban J connectivity index is 1.63. The molecule has 0 fully saturated rings. The van der Waals surface area contributed by atoms with Gasteiger partial charge in [0.05, 0.1) is 11.8 Å². The number of carbonyl (C=O) groups is 2. The molecule has 2 aromatic rings. The average Bonchev–Trinajstić information content (AvgIpc) is 2.64. The van der Waals surface area contributed by atoms with Crippen LogP contribution >= 0.6 is 0 Å². The molecule has 1 aromatic carbocycles. The van der Waals surface area contributed by atoms with Gasteiger partial charge in [-0.25, -0.2) is 0 Å². The first-order chi connectivity index (χ1) is 12.1. The molecule has 0 unspecified atom stereocenters. The summed E-state index contributed by atoms with van der Waals surface area (Å²) in [5.74, 6) is -2.34. The zero-order valence-corrected chi connectivity index (χ0v) is 13.8. The molecule has 1 amide bonds. The lowest BCUT2D eigenvalue weighted by Crippen LogP contribution is -2.34. The van der Waals surface area contributed by atoms with Gasteiger partial charge in [0.25, 0.3) is 0 Å². The fourth-order valence-corrected chi connectivity index (χ4v) is 3.05. The molecule has 0 saturated heterocycles. The molecule has 128 valence electrons. The van der Waals surface area contributed by atoms with Crippen molar-refractivity contribution >= 4 is 17.6 Å². The van der Waals surface area contributed by atoms with Crippen molar-refractivity contribution in [3.63, 3.8) is 0 Å². The van der Waals surface area contributed by atoms with E-state index in [4.69, 9.17) is 0 Å². The zero-order chi connectivity index (χ0) is 17.6. The maximum atomic E-state index is 12.4. The van der Waals surface area contributed by atoms with Crippen LogP contribution in [-0.2, 0) is 16.0 Å². The number of nitrogens with one attached hydrogen (secondary N) is 1. The predicted octanol–water partition coefficient (Wildman–Crippen LogP) is 3.28. The Morgan fingerprint density at radius 2 is 1.56 bits per heavy atom. The molecule has 0 bridgehead atoms. The molecule has 5 heteroatoms. The van der Waals surface area contributed by atoms with Crippen molar-refractivity contribution in [2.75, 3.05) is 5.32 Å². The normalized spacial score (nSPS) is 19.4. The van der Waals surface area contributed by atoms with E-state index in [1.165, 1.54) is 5.56 Å². The molecular formula is C20H20N2O3. The van der Waals surface area contributed by atoms with Crippen LogP contribution in [0.4, 0.5) is 5.69 Å². The first-order valence-electron chi connectivity index (χ1n) is 8.30. The molecule has 25 heavy (non-hydrogen) atoms. The van der Waals surface area contributed by atoms with Crippen LogP contribution in [0.5, 0.6) is 0 Å². The summed E-state index contributed by atoms with van der Waals surface area (Å²) in [6.45, 7) is 0. The fourth-order valence-electron chi connectivity index (χ4n) is 3.05. The van der Waals surface area contributed by atoms with Gasteiger partial charge in [0.1, 0.15) is 0 Å². The highest BCUT2D eigenvalue weighted by Crippen LogP contribution is 2.27. The highest BCUT2D eigenvalue weighted by Gasteiger charge is 2.33. The van der Waals surface area contributed by atoms with Crippen molar-refractivity contribution < 1.29 is 14.7 Å². The molecule has 2 N–H and O–H groups in total. The molecule has 0 spiro atoms. The molecule has 5 nitrogen and oxygen atoms in total. The van der Waals surface area contributed by atoms with Gasteiger partial charge >= 0.3 is 5.97 Å². The number of carbonyl (C=O) groups excluding carboxylic acids is 1. The number of nitrogens with zero attached hydrogens (tertiary/aromatic N) is 1. The standard InChI is InChI=1S/C20H20N2O3/c23-19(17-3-1-2-4-18(17)20(24)25)22-16-7-5-14(6-8-16)13-15-9-11-21-12-10-15/h1-2,5-12,17-18H,3-4,13H2,(H,22,23)(H,24,25)/t17-,18-/m1/s1. The monoisotopic (exact) mass is 336 g/mol.